The van der Waals surface area contributed by atoms with E-state index in [-0.39, 0.29) is 4.90 Å². The normalized spacial score (nSPS) is 14.4. The molecule has 2 heterocycles. The Bertz CT molecular complexity index is 1010. The maximum atomic E-state index is 13.3. The molecule has 0 aliphatic carbocycles. The molecule has 0 bridgehead atoms. The molecule has 0 spiro atoms. The number of hydrogen-bond acceptors (Lipinski definition) is 3. The molecule has 3 aromatic rings. The van der Waals surface area contributed by atoms with E-state index in [4.69, 9.17) is 0 Å². The van der Waals surface area contributed by atoms with Crippen molar-refractivity contribution in [1.82, 2.24) is 9.78 Å². The number of anilines is 1. The van der Waals surface area contributed by atoms with Crippen LogP contribution in [0.15, 0.2) is 65.7 Å². The topological polar surface area (TPSA) is 55.2 Å². The van der Waals surface area contributed by atoms with Gasteiger partial charge in [0.05, 0.1) is 23.3 Å². The van der Waals surface area contributed by atoms with Crippen LogP contribution in [0.4, 0.5) is 5.69 Å². The van der Waals surface area contributed by atoms with E-state index >= 15 is 0 Å². The second-order valence-corrected chi connectivity index (χ2v) is 8.00. The van der Waals surface area contributed by atoms with Crippen LogP contribution in [0.3, 0.4) is 0 Å². The second-order valence-electron chi connectivity index (χ2n) is 6.17. The van der Waals surface area contributed by atoms with Crippen molar-refractivity contribution in [2.75, 3.05) is 10.8 Å². The van der Waals surface area contributed by atoms with Crippen LogP contribution in [0.2, 0.25) is 0 Å². The zero-order chi connectivity index (χ0) is 17.4. The lowest BCUT2D eigenvalue weighted by atomic mass is 10.0. The van der Waals surface area contributed by atoms with Gasteiger partial charge in [0.25, 0.3) is 10.0 Å². The SMILES string of the molecule is Cc1nn(-c2ccccc2)cc1S(=O)(=O)N1CCCc2ccccc21. The molecule has 6 heteroatoms. The molecule has 0 saturated heterocycles. The summed E-state index contributed by atoms with van der Waals surface area (Å²) in [7, 11) is -3.64. The lowest BCUT2D eigenvalue weighted by Gasteiger charge is -2.30. The van der Waals surface area contributed by atoms with Crippen LogP contribution < -0.4 is 4.31 Å². The van der Waals surface area contributed by atoms with Crippen molar-refractivity contribution in [3.63, 3.8) is 0 Å². The zero-order valence-electron chi connectivity index (χ0n) is 14.0. The Morgan fingerprint density at radius 3 is 2.52 bits per heavy atom. The van der Waals surface area contributed by atoms with Crippen LogP contribution in [0.25, 0.3) is 5.69 Å². The van der Waals surface area contributed by atoms with E-state index in [1.165, 1.54) is 4.31 Å². The van der Waals surface area contributed by atoms with Crippen molar-refractivity contribution >= 4 is 15.7 Å². The highest BCUT2D eigenvalue weighted by atomic mass is 32.2. The van der Waals surface area contributed by atoms with Gasteiger partial charge in [-0.15, -0.1) is 0 Å². The molecule has 0 atom stereocenters. The van der Waals surface area contributed by atoms with Crippen LogP contribution in [0.1, 0.15) is 17.7 Å². The molecular formula is C19H19N3O2S. The van der Waals surface area contributed by atoms with Crippen molar-refractivity contribution in [2.45, 2.75) is 24.7 Å². The number of aryl methyl sites for hydroxylation is 2. The Labute approximate surface area is 147 Å². The van der Waals surface area contributed by atoms with Crippen LogP contribution in [0.5, 0.6) is 0 Å². The third-order valence-corrected chi connectivity index (χ3v) is 6.43. The molecule has 0 unspecified atom stereocenters. The first-order valence-corrected chi connectivity index (χ1v) is 9.74. The monoisotopic (exact) mass is 353 g/mol. The third kappa shape index (κ3) is 2.72. The van der Waals surface area contributed by atoms with Crippen molar-refractivity contribution in [2.24, 2.45) is 0 Å². The largest absolute Gasteiger partial charge is 0.267 e. The van der Waals surface area contributed by atoms with Gasteiger partial charge in [-0.05, 0) is 43.5 Å². The Kier molecular flexibility index (Phi) is 3.84. The molecule has 4 rings (SSSR count). The van der Waals surface area contributed by atoms with Gasteiger partial charge in [0.1, 0.15) is 4.90 Å². The molecule has 1 aliphatic heterocycles. The predicted molar refractivity (Wildman–Crippen MR) is 97.6 cm³/mol. The van der Waals surface area contributed by atoms with E-state index in [0.29, 0.717) is 12.2 Å². The number of nitrogens with zero attached hydrogens (tertiary/aromatic N) is 3. The number of sulfonamides is 1. The molecule has 0 amide bonds. The third-order valence-electron chi connectivity index (χ3n) is 4.51. The van der Waals surface area contributed by atoms with E-state index in [1.807, 2.05) is 54.6 Å². The fourth-order valence-corrected chi connectivity index (χ4v) is 4.97. The molecule has 1 aliphatic rings. The van der Waals surface area contributed by atoms with Crippen LogP contribution in [-0.2, 0) is 16.4 Å². The fourth-order valence-electron chi connectivity index (χ4n) is 3.28. The summed E-state index contributed by atoms with van der Waals surface area (Å²) in [5.74, 6) is 0. The second kappa shape index (κ2) is 6.04. The van der Waals surface area contributed by atoms with Crippen molar-refractivity contribution in [1.29, 1.82) is 0 Å². The Morgan fingerprint density at radius 2 is 1.72 bits per heavy atom. The highest BCUT2D eigenvalue weighted by Gasteiger charge is 2.31. The maximum Gasteiger partial charge on any atom is 0.267 e. The molecule has 0 radical (unpaired) electrons. The molecule has 2 aromatic carbocycles. The van der Waals surface area contributed by atoms with E-state index in [1.54, 1.807) is 17.8 Å². The number of benzene rings is 2. The minimum Gasteiger partial charge on any atom is -0.266 e. The smallest absolute Gasteiger partial charge is 0.266 e. The highest BCUT2D eigenvalue weighted by Crippen LogP contribution is 2.32. The number of para-hydroxylation sites is 2. The van der Waals surface area contributed by atoms with E-state index in [2.05, 4.69) is 5.10 Å². The maximum absolute atomic E-state index is 13.3. The summed E-state index contributed by atoms with van der Waals surface area (Å²) in [6.07, 6.45) is 3.34. The van der Waals surface area contributed by atoms with Crippen molar-refractivity contribution < 1.29 is 8.42 Å². The van der Waals surface area contributed by atoms with Gasteiger partial charge in [0.15, 0.2) is 0 Å². The minimum atomic E-state index is -3.64. The molecule has 1 aromatic heterocycles. The number of rotatable bonds is 3. The van der Waals surface area contributed by atoms with Gasteiger partial charge in [-0.1, -0.05) is 36.4 Å². The van der Waals surface area contributed by atoms with Gasteiger partial charge in [-0.25, -0.2) is 13.1 Å². The molecule has 128 valence electrons. The van der Waals surface area contributed by atoms with Gasteiger partial charge >= 0.3 is 0 Å². The van der Waals surface area contributed by atoms with E-state index in [9.17, 15) is 8.42 Å². The quantitative estimate of drug-likeness (QED) is 0.726. The van der Waals surface area contributed by atoms with Crippen molar-refractivity contribution in [3.8, 4) is 5.69 Å². The van der Waals surface area contributed by atoms with Crippen LogP contribution >= 0.6 is 0 Å². The first kappa shape index (κ1) is 15.9. The predicted octanol–water partition coefficient (Wildman–Crippen LogP) is 3.32. The number of aromatic nitrogens is 2. The number of hydrogen-bond donors (Lipinski definition) is 0. The molecular weight excluding hydrogens is 334 g/mol. The standard InChI is InChI=1S/C19H19N3O2S/c1-15-19(14-21(20-15)17-10-3-2-4-11-17)25(23,24)22-13-7-9-16-8-5-6-12-18(16)22/h2-6,8,10-12,14H,7,9,13H2,1H3. The summed E-state index contributed by atoms with van der Waals surface area (Å²) in [6.45, 7) is 2.23. The Balaban J connectivity index is 1.79. The van der Waals surface area contributed by atoms with E-state index < -0.39 is 10.0 Å². The summed E-state index contributed by atoms with van der Waals surface area (Å²) in [4.78, 5) is 0.257. The molecule has 0 N–H and O–H groups in total. The minimum absolute atomic E-state index is 0.257. The lowest BCUT2D eigenvalue weighted by Crippen LogP contribution is -2.35. The first-order valence-electron chi connectivity index (χ1n) is 8.30. The first-order chi connectivity index (χ1) is 12.1. The molecule has 0 fully saturated rings. The molecule has 25 heavy (non-hydrogen) atoms. The van der Waals surface area contributed by atoms with E-state index in [0.717, 1.165) is 29.8 Å². The summed E-state index contributed by atoms with van der Waals surface area (Å²) in [5.41, 5.74) is 3.20. The van der Waals surface area contributed by atoms with Crippen LogP contribution in [-0.4, -0.2) is 24.7 Å². The fraction of sp³-hybridized carbons (Fsp3) is 0.211. The van der Waals surface area contributed by atoms with Gasteiger partial charge < -0.3 is 0 Å². The molecule has 5 nitrogen and oxygen atoms in total. The summed E-state index contributed by atoms with van der Waals surface area (Å²) >= 11 is 0. The summed E-state index contributed by atoms with van der Waals surface area (Å²) < 4.78 is 29.7. The highest BCUT2D eigenvalue weighted by molar-refractivity contribution is 7.92. The zero-order valence-corrected chi connectivity index (χ0v) is 14.8. The Hall–Kier alpha value is -2.60. The van der Waals surface area contributed by atoms with Gasteiger partial charge in [0, 0.05) is 6.54 Å². The van der Waals surface area contributed by atoms with Crippen molar-refractivity contribution in [3.05, 3.63) is 72.1 Å². The summed E-state index contributed by atoms with van der Waals surface area (Å²) in [5, 5.41) is 4.41. The average molecular weight is 353 g/mol. The van der Waals surface area contributed by atoms with Gasteiger partial charge in [-0.3, -0.25) is 4.31 Å². The van der Waals surface area contributed by atoms with Crippen LogP contribution in [0, 0.1) is 6.92 Å². The molecule has 0 saturated carbocycles. The Morgan fingerprint density at radius 1 is 1.00 bits per heavy atom. The average Bonchev–Trinajstić information content (AvgIpc) is 3.04. The lowest BCUT2D eigenvalue weighted by molar-refractivity contribution is 0.586. The van der Waals surface area contributed by atoms with Gasteiger partial charge in [0.2, 0.25) is 0 Å². The summed E-state index contributed by atoms with van der Waals surface area (Å²) in [6, 6.07) is 17.2. The van der Waals surface area contributed by atoms with Gasteiger partial charge in [-0.2, -0.15) is 5.10 Å². The number of fused-ring (bicyclic) bond motifs is 1.